The topological polar surface area (TPSA) is 73.1 Å². The summed E-state index contributed by atoms with van der Waals surface area (Å²) in [6.07, 6.45) is 1.76. The normalized spacial score (nSPS) is 20.7. The lowest BCUT2D eigenvalue weighted by Crippen LogP contribution is -2.44. The van der Waals surface area contributed by atoms with Crippen LogP contribution in [-0.2, 0) is 0 Å². The molecule has 4 heteroatoms. The molecular formula is C8H12N2O2. The van der Waals surface area contributed by atoms with E-state index in [2.05, 4.69) is 5.32 Å². The van der Waals surface area contributed by atoms with Crippen LogP contribution in [0, 0.1) is 17.2 Å². The molecule has 1 amide bonds. The van der Waals surface area contributed by atoms with Crippen LogP contribution in [-0.4, -0.2) is 16.7 Å². The van der Waals surface area contributed by atoms with Gasteiger partial charge in [0.2, 0.25) is 0 Å². The Hall–Kier alpha value is -1.24. The van der Waals surface area contributed by atoms with E-state index in [4.69, 9.17) is 10.4 Å². The van der Waals surface area contributed by atoms with Crippen LogP contribution in [0.25, 0.3) is 0 Å². The summed E-state index contributed by atoms with van der Waals surface area (Å²) in [6.45, 7) is 1.62. The Balaban J connectivity index is 2.48. The number of amides is 1. The molecule has 66 valence electrons. The van der Waals surface area contributed by atoms with Gasteiger partial charge in [-0.3, -0.25) is 0 Å². The molecule has 0 spiro atoms. The quantitative estimate of drug-likeness (QED) is 0.667. The minimum atomic E-state index is -1.13. The average molecular weight is 168 g/mol. The van der Waals surface area contributed by atoms with Crippen molar-refractivity contribution in [3.63, 3.8) is 0 Å². The molecule has 0 aromatic rings. The van der Waals surface area contributed by atoms with Crippen LogP contribution in [0.4, 0.5) is 4.79 Å². The Kier molecular flexibility index (Phi) is 2.22. The summed E-state index contributed by atoms with van der Waals surface area (Å²) < 4.78 is 0. The summed E-state index contributed by atoms with van der Waals surface area (Å²) in [5, 5.41) is 19.4. The number of nitrogens with zero attached hydrogens (tertiary/aromatic N) is 1. The minimum absolute atomic E-state index is 0.543. The molecule has 0 saturated heterocycles. The first-order valence-electron chi connectivity index (χ1n) is 3.98. The van der Waals surface area contributed by atoms with Gasteiger partial charge in [-0.15, -0.1) is 0 Å². The SMILES string of the molecule is CC(C#N)(CC1CC1)NC(=O)O. The van der Waals surface area contributed by atoms with Crippen LogP contribution in [0.15, 0.2) is 0 Å². The molecule has 4 nitrogen and oxygen atoms in total. The van der Waals surface area contributed by atoms with Gasteiger partial charge >= 0.3 is 6.09 Å². The van der Waals surface area contributed by atoms with Crippen molar-refractivity contribution in [1.29, 1.82) is 5.26 Å². The van der Waals surface area contributed by atoms with E-state index in [1.807, 2.05) is 6.07 Å². The second-order valence-corrected chi connectivity index (χ2v) is 3.52. The van der Waals surface area contributed by atoms with E-state index in [9.17, 15) is 4.79 Å². The second kappa shape index (κ2) is 3.02. The number of hydrogen-bond acceptors (Lipinski definition) is 2. The molecule has 1 unspecified atom stereocenters. The van der Waals surface area contributed by atoms with E-state index < -0.39 is 11.6 Å². The second-order valence-electron chi connectivity index (χ2n) is 3.52. The molecule has 0 heterocycles. The van der Waals surface area contributed by atoms with E-state index in [0.29, 0.717) is 12.3 Å². The molecule has 0 radical (unpaired) electrons. The minimum Gasteiger partial charge on any atom is -0.465 e. The highest BCUT2D eigenvalue weighted by Crippen LogP contribution is 2.36. The molecule has 1 saturated carbocycles. The molecule has 12 heavy (non-hydrogen) atoms. The summed E-state index contributed by atoms with van der Waals surface area (Å²) in [6, 6.07) is 1.99. The van der Waals surface area contributed by atoms with Crippen molar-refractivity contribution in [3.05, 3.63) is 0 Å². The van der Waals surface area contributed by atoms with Gasteiger partial charge in [0.25, 0.3) is 0 Å². The molecule has 0 aromatic heterocycles. The van der Waals surface area contributed by atoms with Crippen molar-refractivity contribution >= 4 is 6.09 Å². The molecule has 1 aliphatic carbocycles. The number of carboxylic acid groups (broad SMARTS) is 1. The van der Waals surface area contributed by atoms with Crippen LogP contribution < -0.4 is 5.32 Å². The van der Waals surface area contributed by atoms with Crippen molar-refractivity contribution in [2.45, 2.75) is 31.7 Å². The van der Waals surface area contributed by atoms with Crippen LogP contribution >= 0.6 is 0 Å². The van der Waals surface area contributed by atoms with Crippen LogP contribution in [0.5, 0.6) is 0 Å². The highest BCUT2D eigenvalue weighted by Gasteiger charge is 2.34. The Morgan fingerprint density at radius 1 is 1.83 bits per heavy atom. The first-order valence-corrected chi connectivity index (χ1v) is 3.98. The smallest absolute Gasteiger partial charge is 0.405 e. The van der Waals surface area contributed by atoms with E-state index in [-0.39, 0.29) is 0 Å². The fourth-order valence-electron chi connectivity index (χ4n) is 1.26. The zero-order valence-electron chi connectivity index (χ0n) is 7.00. The summed E-state index contributed by atoms with van der Waals surface area (Å²) in [5.74, 6) is 0.543. The average Bonchev–Trinajstić information content (AvgIpc) is 2.70. The monoisotopic (exact) mass is 168 g/mol. The molecule has 1 rings (SSSR count). The molecule has 0 aromatic carbocycles. The van der Waals surface area contributed by atoms with E-state index in [1.165, 1.54) is 0 Å². The zero-order valence-corrected chi connectivity index (χ0v) is 7.00. The van der Waals surface area contributed by atoms with E-state index >= 15 is 0 Å². The predicted molar refractivity (Wildman–Crippen MR) is 42.5 cm³/mol. The van der Waals surface area contributed by atoms with Crippen molar-refractivity contribution in [1.82, 2.24) is 5.32 Å². The number of rotatable bonds is 3. The lowest BCUT2D eigenvalue weighted by Gasteiger charge is -2.20. The predicted octanol–water partition coefficient (Wildman–Crippen LogP) is 1.34. The van der Waals surface area contributed by atoms with Crippen LogP contribution in [0.3, 0.4) is 0 Å². The van der Waals surface area contributed by atoms with Gasteiger partial charge in [0.15, 0.2) is 0 Å². The summed E-state index contributed by atoms with van der Waals surface area (Å²) >= 11 is 0. The van der Waals surface area contributed by atoms with Gasteiger partial charge in [0, 0.05) is 0 Å². The highest BCUT2D eigenvalue weighted by atomic mass is 16.4. The third-order valence-corrected chi connectivity index (χ3v) is 2.02. The number of carbonyl (C=O) groups is 1. The molecule has 2 N–H and O–H groups in total. The largest absolute Gasteiger partial charge is 0.465 e. The van der Waals surface area contributed by atoms with Gasteiger partial charge in [0.1, 0.15) is 5.54 Å². The lowest BCUT2D eigenvalue weighted by molar-refractivity contribution is 0.184. The van der Waals surface area contributed by atoms with E-state index in [0.717, 1.165) is 12.8 Å². The Morgan fingerprint density at radius 3 is 2.75 bits per heavy atom. The standard InChI is InChI=1S/C8H12N2O2/c1-8(5-9,10-7(11)12)4-6-2-3-6/h6,10H,2-4H2,1H3,(H,11,12). The van der Waals surface area contributed by atoms with Gasteiger partial charge in [-0.05, 0) is 19.3 Å². The highest BCUT2D eigenvalue weighted by molar-refractivity contribution is 5.66. The van der Waals surface area contributed by atoms with Gasteiger partial charge in [-0.25, -0.2) is 4.79 Å². The molecule has 0 bridgehead atoms. The Labute approximate surface area is 71.2 Å². The molecule has 1 aliphatic rings. The third-order valence-electron chi connectivity index (χ3n) is 2.02. The molecule has 1 fully saturated rings. The molecule has 1 atom stereocenters. The number of hydrogen-bond donors (Lipinski definition) is 2. The van der Waals surface area contributed by atoms with Crippen LogP contribution in [0.2, 0.25) is 0 Å². The zero-order chi connectivity index (χ0) is 9.19. The first kappa shape index (κ1) is 8.85. The maximum atomic E-state index is 10.3. The van der Waals surface area contributed by atoms with Gasteiger partial charge in [0.05, 0.1) is 6.07 Å². The summed E-state index contributed by atoms with van der Waals surface area (Å²) in [4.78, 5) is 10.3. The first-order chi connectivity index (χ1) is 5.56. The fraction of sp³-hybridized carbons (Fsp3) is 0.750. The van der Waals surface area contributed by atoms with Crippen LogP contribution in [0.1, 0.15) is 26.2 Å². The van der Waals surface area contributed by atoms with Gasteiger partial charge < -0.3 is 10.4 Å². The molecule has 0 aliphatic heterocycles. The third kappa shape index (κ3) is 2.42. The summed E-state index contributed by atoms with van der Waals surface area (Å²) in [7, 11) is 0. The van der Waals surface area contributed by atoms with Crippen molar-refractivity contribution < 1.29 is 9.90 Å². The van der Waals surface area contributed by atoms with Crippen molar-refractivity contribution in [3.8, 4) is 6.07 Å². The van der Waals surface area contributed by atoms with Gasteiger partial charge in [-0.1, -0.05) is 12.8 Å². The maximum Gasteiger partial charge on any atom is 0.405 e. The lowest BCUT2D eigenvalue weighted by atomic mass is 9.97. The Morgan fingerprint density at radius 2 is 2.42 bits per heavy atom. The number of nitrogens with one attached hydrogen (secondary N) is 1. The molecular weight excluding hydrogens is 156 g/mol. The van der Waals surface area contributed by atoms with Crippen molar-refractivity contribution in [2.75, 3.05) is 0 Å². The Bertz CT molecular complexity index is 230. The van der Waals surface area contributed by atoms with E-state index in [1.54, 1.807) is 6.92 Å². The maximum absolute atomic E-state index is 10.3. The fourth-order valence-corrected chi connectivity index (χ4v) is 1.26. The van der Waals surface area contributed by atoms with Crippen molar-refractivity contribution in [2.24, 2.45) is 5.92 Å². The summed E-state index contributed by atoms with van der Waals surface area (Å²) in [5.41, 5.74) is -0.896. The number of nitriles is 1. The van der Waals surface area contributed by atoms with Gasteiger partial charge in [-0.2, -0.15) is 5.26 Å².